The molecule has 2 atom stereocenters. The molecule has 4 N–H and O–H groups in total. The van der Waals surface area contributed by atoms with E-state index in [0.29, 0.717) is 0 Å². The maximum atomic E-state index is 11.3. The van der Waals surface area contributed by atoms with Crippen molar-refractivity contribution < 1.29 is 19.4 Å². The van der Waals surface area contributed by atoms with Gasteiger partial charge in [0.25, 0.3) is 0 Å². The van der Waals surface area contributed by atoms with Gasteiger partial charge in [-0.2, -0.15) is 0 Å². The molecule has 0 heterocycles. The number of ether oxygens (including phenoxy) is 2. The third kappa shape index (κ3) is 5.13. The summed E-state index contributed by atoms with van der Waals surface area (Å²) in [6.07, 6.45) is 0. The van der Waals surface area contributed by atoms with Crippen LogP contribution < -0.4 is 11.1 Å². The Bertz CT molecular complexity index is 165. The third-order valence-corrected chi connectivity index (χ3v) is 1.62. The Balaban J connectivity index is 3.88. The quantitative estimate of drug-likeness (QED) is 0.451. The largest absolute Gasteiger partial charge is 0.394 e. The minimum atomic E-state index is -0.717. The molecular formula is C8H18N2O4. The summed E-state index contributed by atoms with van der Waals surface area (Å²) in [5.74, 6) is -0.358. The molecule has 6 heteroatoms. The summed E-state index contributed by atoms with van der Waals surface area (Å²) in [5.41, 5.74) is 5.47. The molecule has 0 aliphatic rings. The van der Waals surface area contributed by atoms with Gasteiger partial charge in [0.2, 0.25) is 5.91 Å². The minimum absolute atomic E-state index is 0.150. The Hall–Kier alpha value is -0.690. The Morgan fingerprint density at radius 1 is 1.43 bits per heavy atom. The zero-order chi connectivity index (χ0) is 11.0. The molecule has 0 saturated carbocycles. The second-order valence-electron chi connectivity index (χ2n) is 2.91. The summed E-state index contributed by atoms with van der Waals surface area (Å²) in [5, 5.41) is 11.4. The van der Waals surface area contributed by atoms with Gasteiger partial charge in [0.15, 0.2) is 0 Å². The van der Waals surface area contributed by atoms with Crippen molar-refractivity contribution in [2.45, 2.75) is 12.1 Å². The molecule has 0 bridgehead atoms. The van der Waals surface area contributed by atoms with Crippen LogP contribution in [0.3, 0.4) is 0 Å². The van der Waals surface area contributed by atoms with E-state index in [1.807, 2.05) is 0 Å². The van der Waals surface area contributed by atoms with Crippen molar-refractivity contribution in [3.8, 4) is 0 Å². The van der Waals surface area contributed by atoms with E-state index in [4.69, 9.17) is 20.3 Å². The summed E-state index contributed by atoms with van der Waals surface area (Å²) in [6, 6.07) is -1.14. The van der Waals surface area contributed by atoms with Gasteiger partial charge in [-0.15, -0.1) is 0 Å². The molecule has 0 fully saturated rings. The van der Waals surface area contributed by atoms with Crippen LogP contribution in [0.1, 0.15) is 0 Å². The highest BCUT2D eigenvalue weighted by atomic mass is 16.5. The van der Waals surface area contributed by atoms with E-state index in [2.05, 4.69) is 5.32 Å². The predicted octanol–water partition coefficient (Wildman–Crippen LogP) is -1.92. The molecule has 0 saturated heterocycles. The van der Waals surface area contributed by atoms with Crippen molar-refractivity contribution in [2.24, 2.45) is 5.73 Å². The standard InChI is InChI=1S/C8H18N2O4/c1-13-4-6(3-11)10-8(12)7(9)5-14-2/h6-7,11H,3-5,9H2,1-2H3,(H,10,12). The summed E-state index contributed by atoms with van der Waals surface area (Å²) in [6.45, 7) is 0.220. The summed E-state index contributed by atoms with van der Waals surface area (Å²) in [4.78, 5) is 11.3. The second-order valence-corrected chi connectivity index (χ2v) is 2.91. The third-order valence-electron chi connectivity index (χ3n) is 1.62. The first-order valence-corrected chi connectivity index (χ1v) is 4.30. The van der Waals surface area contributed by atoms with E-state index in [1.165, 1.54) is 14.2 Å². The average molecular weight is 206 g/mol. The van der Waals surface area contributed by atoms with Crippen LogP contribution in [-0.4, -0.2) is 57.1 Å². The second kappa shape index (κ2) is 7.69. The molecule has 0 aromatic carbocycles. The summed E-state index contributed by atoms with van der Waals surface area (Å²) in [7, 11) is 2.95. The molecule has 14 heavy (non-hydrogen) atoms. The van der Waals surface area contributed by atoms with Crippen LogP contribution in [0.15, 0.2) is 0 Å². The van der Waals surface area contributed by atoms with Gasteiger partial charge in [-0.3, -0.25) is 4.79 Å². The van der Waals surface area contributed by atoms with Crippen LogP contribution in [0.5, 0.6) is 0 Å². The van der Waals surface area contributed by atoms with E-state index in [-0.39, 0.29) is 25.7 Å². The topological polar surface area (TPSA) is 93.8 Å². The van der Waals surface area contributed by atoms with Crippen molar-refractivity contribution in [3.63, 3.8) is 0 Å². The number of hydrogen-bond donors (Lipinski definition) is 3. The lowest BCUT2D eigenvalue weighted by atomic mass is 10.2. The molecule has 0 aromatic rings. The number of carbonyl (C=O) groups is 1. The zero-order valence-electron chi connectivity index (χ0n) is 8.53. The number of aliphatic hydroxyl groups excluding tert-OH is 1. The zero-order valence-corrected chi connectivity index (χ0v) is 8.53. The highest BCUT2D eigenvalue weighted by Gasteiger charge is 2.17. The number of nitrogens with one attached hydrogen (secondary N) is 1. The smallest absolute Gasteiger partial charge is 0.239 e. The van der Waals surface area contributed by atoms with E-state index < -0.39 is 12.1 Å². The molecule has 0 spiro atoms. The lowest BCUT2D eigenvalue weighted by Gasteiger charge is -2.17. The van der Waals surface area contributed by atoms with Crippen molar-refractivity contribution in [3.05, 3.63) is 0 Å². The Morgan fingerprint density at radius 2 is 2.00 bits per heavy atom. The van der Waals surface area contributed by atoms with Gasteiger partial charge in [-0.05, 0) is 0 Å². The van der Waals surface area contributed by atoms with E-state index >= 15 is 0 Å². The first-order chi connectivity index (χ1) is 6.65. The fraction of sp³-hybridized carbons (Fsp3) is 0.875. The highest BCUT2D eigenvalue weighted by molar-refractivity contribution is 5.81. The van der Waals surface area contributed by atoms with Gasteiger partial charge >= 0.3 is 0 Å². The Morgan fingerprint density at radius 3 is 2.43 bits per heavy atom. The van der Waals surface area contributed by atoms with Crippen LogP contribution in [-0.2, 0) is 14.3 Å². The van der Waals surface area contributed by atoms with Crippen LogP contribution in [0, 0.1) is 0 Å². The number of carbonyl (C=O) groups excluding carboxylic acids is 1. The predicted molar refractivity (Wildman–Crippen MR) is 50.7 cm³/mol. The number of aliphatic hydroxyl groups is 1. The van der Waals surface area contributed by atoms with Gasteiger partial charge in [0, 0.05) is 14.2 Å². The molecular weight excluding hydrogens is 188 g/mol. The molecule has 6 nitrogen and oxygen atoms in total. The van der Waals surface area contributed by atoms with Crippen molar-refractivity contribution in [1.29, 1.82) is 0 Å². The fourth-order valence-corrected chi connectivity index (χ4v) is 0.905. The maximum absolute atomic E-state index is 11.3. The average Bonchev–Trinajstić information content (AvgIpc) is 2.17. The number of hydrogen-bond acceptors (Lipinski definition) is 5. The lowest BCUT2D eigenvalue weighted by molar-refractivity contribution is -0.124. The van der Waals surface area contributed by atoms with Gasteiger partial charge in [-0.1, -0.05) is 0 Å². The van der Waals surface area contributed by atoms with E-state index in [9.17, 15) is 4.79 Å². The van der Waals surface area contributed by atoms with Gasteiger partial charge in [0.1, 0.15) is 6.04 Å². The molecule has 0 radical (unpaired) electrons. The van der Waals surface area contributed by atoms with E-state index in [1.54, 1.807) is 0 Å². The number of rotatable bonds is 7. The minimum Gasteiger partial charge on any atom is -0.394 e. The van der Waals surface area contributed by atoms with Crippen LogP contribution >= 0.6 is 0 Å². The van der Waals surface area contributed by atoms with Crippen molar-refractivity contribution in [2.75, 3.05) is 34.0 Å². The first-order valence-electron chi connectivity index (χ1n) is 4.30. The fourth-order valence-electron chi connectivity index (χ4n) is 0.905. The maximum Gasteiger partial charge on any atom is 0.239 e. The molecule has 0 aromatic heterocycles. The van der Waals surface area contributed by atoms with Crippen LogP contribution in [0.25, 0.3) is 0 Å². The molecule has 2 unspecified atom stereocenters. The molecule has 0 rings (SSSR count). The number of methoxy groups -OCH3 is 2. The van der Waals surface area contributed by atoms with E-state index in [0.717, 1.165) is 0 Å². The number of amides is 1. The SMILES string of the molecule is COCC(CO)NC(=O)C(N)COC. The van der Waals surface area contributed by atoms with Gasteiger partial charge in [0.05, 0.1) is 25.9 Å². The van der Waals surface area contributed by atoms with Crippen molar-refractivity contribution in [1.82, 2.24) is 5.32 Å². The Labute approximate surface area is 83.4 Å². The monoisotopic (exact) mass is 206 g/mol. The highest BCUT2D eigenvalue weighted by Crippen LogP contribution is 1.87. The summed E-state index contributed by atoms with van der Waals surface area (Å²) >= 11 is 0. The van der Waals surface area contributed by atoms with Gasteiger partial charge in [-0.25, -0.2) is 0 Å². The molecule has 0 aliphatic heterocycles. The van der Waals surface area contributed by atoms with Crippen molar-refractivity contribution >= 4 is 5.91 Å². The molecule has 0 aliphatic carbocycles. The van der Waals surface area contributed by atoms with Gasteiger partial charge < -0.3 is 25.6 Å². The Kier molecular flexibility index (Phi) is 7.31. The van der Waals surface area contributed by atoms with Crippen LogP contribution in [0.2, 0.25) is 0 Å². The summed E-state index contributed by atoms with van der Waals surface area (Å²) < 4.78 is 9.51. The normalized spacial score (nSPS) is 14.9. The first kappa shape index (κ1) is 13.3. The molecule has 1 amide bonds. The molecule has 84 valence electrons. The van der Waals surface area contributed by atoms with Crippen LogP contribution in [0.4, 0.5) is 0 Å². The number of nitrogens with two attached hydrogens (primary N) is 1. The lowest BCUT2D eigenvalue weighted by Crippen LogP contribution is -2.50.